The van der Waals surface area contributed by atoms with Gasteiger partial charge in [-0.1, -0.05) is 35.9 Å². The first-order valence-corrected chi connectivity index (χ1v) is 7.84. The van der Waals surface area contributed by atoms with Crippen LogP contribution in [0.15, 0.2) is 48.5 Å². The minimum atomic E-state index is -0.000234. The fourth-order valence-corrected chi connectivity index (χ4v) is 2.46. The summed E-state index contributed by atoms with van der Waals surface area (Å²) in [5.41, 5.74) is 2.92. The minimum absolute atomic E-state index is 0.000234. The highest BCUT2D eigenvalue weighted by Gasteiger charge is 2.09. The Balaban J connectivity index is 1.93. The highest BCUT2D eigenvalue weighted by molar-refractivity contribution is 6.31. The number of carbonyl (C=O) groups is 1. The maximum absolute atomic E-state index is 12.1. The Kier molecular flexibility index (Phi) is 5.84. The number of para-hydroxylation sites is 1. The minimum Gasteiger partial charge on any atom is -0.371 e. The van der Waals surface area contributed by atoms with E-state index < -0.39 is 0 Å². The average molecular weight is 317 g/mol. The fraction of sp³-hybridized carbons (Fsp3) is 0.278. The molecular weight excluding hydrogens is 296 g/mol. The first-order valence-electron chi connectivity index (χ1n) is 7.46. The van der Waals surface area contributed by atoms with Crippen molar-refractivity contribution in [3.8, 4) is 0 Å². The van der Waals surface area contributed by atoms with Crippen molar-refractivity contribution in [2.24, 2.45) is 0 Å². The molecule has 0 radical (unpaired) electrons. The summed E-state index contributed by atoms with van der Waals surface area (Å²) in [6.45, 7) is 5.60. The van der Waals surface area contributed by atoms with Gasteiger partial charge in [0, 0.05) is 35.9 Å². The van der Waals surface area contributed by atoms with Crippen LogP contribution >= 0.6 is 11.6 Å². The summed E-state index contributed by atoms with van der Waals surface area (Å²) in [6, 6.07) is 15.6. The molecule has 22 heavy (non-hydrogen) atoms. The van der Waals surface area contributed by atoms with Crippen molar-refractivity contribution < 1.29 is 4.79 Å². The molecule has 0 fully saturated rings. The molecule has 1 N–H and O–H groups in total. The number of halogens is 1. The standard InChI is InChI=1S/C18H21ClN2O/c1-3-21(16-7-5-4-6-8-16)12-11-18(22)20-17-13-15(19)10-9-14(17)2/h4-10,13H,3,11-12H2,1-2H3,(H,20,22). The highest BCUT2D eigenvalue weighted by atomic mass is 35.5. The highest BCUT2D eigenvalue weighted by Crippen LogP contribution is 2.20. The summed E-state index contributed by atoms with van der Waals surface area (Å²) in [5.74, 6) is -0.000234. The van der Waals surface area contributed by atoms with Crippen LogP contribution in [0.3, 0.4) is 0 Å². The van der Waals surface area contributed by atoms with E-state index in [1.165, 1.54) is 0 Å². The van der Waals surface area contributed by atoms with E-state index >= 15 is 0 Å². The Morgan fingerprint density at radius 2 is 1.91 bits per heavy atom. The molecule has 0 bridgehead atoms. The van der Waals surface area contributed by atoms with Gasteiger partial charge in [-0.25, -0.2) is 0 Å². The van der Waals surface area contributed by atoms with Gasteiger partial charge >= 0.3 is 0 Å². The number of anilines is 2. The van der Waals surface area contributed by atoms with Crippen LogP contribution in [0.1, 0.15) is 18.9 Å². The zero-order valence-corrected chi connectivity index (χ0v) is 13.7. The monoisotopic (exact) mass is 316 g/mol. The number of hydrogen-bond donors (Lipinski definition) is 1. The maximum Gasteiger partial charge on any atom is 0.226 e. The van der Waals surface area contributed by atoms with Crippen molar-refractivity contribution in [3.63, 3.8) is 0 Å². The summed E-state index contributed by atoms with van der Waals surface area (Å²) in [4.78, 5) is 14.3. The van der Waals surface area contributed by atoms with Gasteiger partial charge in [0.1, 0.15) is 0 Å². The SMILES string of the molecule is CCN(CCC(=O)Nc1cc(Cl)ccc1C)c1ccccc1. The number of amides is 1. The molecule has 0 saturated carbocycles. The van der Waals surface area contributed by atoms with Gasteiger partial charge in [-0.3, -0.25) is 4.79 Å². The number of benzene rings is 2. The van der Waals surface area contributed by atoms with Crippen LogP contribution in [0.4, 0.5) is 11.4 Å². The molecule has 1 amide bonds. The maximum atomic E-state index is 12.1. The van der Waals surface area contributed by atoms with E-state index in [4.69, 9.17) is 11.6 Å². The lowest BCUT2D eigenvalue weighted by Crippen LogP contribution is -2.27. The van der Waals surface area contributed by atoms with Crippen molar-refractivity contribution >= 4 is 28.9 Å². The van der Waals surface area contributed by atoms with E-state index in [1.807, 2.05) is 37.3 Å². The first kappa shape index (κ1) is 16.4. The molecule has 2 aromatic rings. The van der Waals surface area contributed by atoms with Gasteiger partial charge in [-0.2, -0.15) is 0 Å². The van der Waals surface area contributed by atoms with Gasteiger partial charge in [0.2, 0.25) is 5.91 Å². The largest absolute Gasteiger partial charge is 0.371 e. The number of hydrogen-bond acceptors (Lipinski definition) is 2. The third-order valence-electron chi connectivity index (χ3n) is 3.59. The Morgan fingerprint density at radius 3 is 2.59 bits per heavy atom. The van der Waals surface area contributed by atoms with Crippen molar-refractivity contribution in [3.05, 3.63) is 59.1 Å². The fourth-order valence-electron chi connectivity index (χ4n) is 2.29. The second kappa shape index (κ2) is 7.85. The van der Waals surface area contributed by atoms with E-state index in [1.54, 1.807) is 6.07 Å². The van der Waals surface area contributed by atoms with Gasteiger partial charge in [0.05, 0.1) is 0 Å². The molecule has 0 saturated heterocycles. The molecule has 116 valence electrons. The van der Waals surface area contributed by atoms with Crippen molar-refractivity contribution in [1.82, 2.24) is 0 Å². The third kappa shape index (κ3) is 4.50. The molecule has 0 spiro atoms. The van der Waals surface area contributed by atoms with Crippen molar-refractivity contribution in [1.29, 1.82) is 0 Å². The molecule has 0 unspecified atom stereocenters. The quantitative estimate of drug-likeness (QED) is 0.850. The lowest BCUT2D eigenvalue weighted by atomic mass is 10.2. The molecule has 0 heterocycles. The number of nitrogens with zero attached hydrogens (tertiary/aromatic N) is 1. The molecule has 2 aromatic carbocycles. The average Bonchev–Trinajstić information content (AvgIpc) is 2.52. The number of nitrogens with one attached hydrogen (secondary N) is 1. The second-order valence-electron chi connectivity index (χ2n) is 5.17. The molecule has 4 heteroatoms. The normalized spacial score (nSPS) is 10.3. The van der Waals surface area contributed by atoms with E-state index in [-0.39, 0.29) is 5.91 Å². The lowest BCUT2D eigenvalue weighted by Gasteiger charge is -2.22. The summed E-state index contributed by atoms with van der Waals surface area (Å²) in [6.07, 6.45) is 0.439. The number of carbonyl (C=O) groups excluding carboxylic acids is 1. The van der Waals surface area contributed by atoms with Gasteiger partial charge in [0.25, 0.3) is 0 Å². The molecule has 0 aliphatic rings. The summed E-state index contributed by atoms with van der Waals surface area (Å²) < 4.78 is 0. The van der Waals surface area contributed by atoms with Crippen LogP contribution in [-0.2, 0) is 4.79 Å². The molecule has 3 nitrogen and oxygen atoms in total. The number of aryl methyl sites for hydroxylation is 1. The molecule has 0 aromatic heterocycles. The van der Waals surface area contributed by atoms with E-state index in [0.717, 1.165) is 23.5 Å². The molecule has 0 aliphatic heterocycles. The zero-order chi connectivity index (χ0) is 15.9. The van der Waals surface area contributed by atoms with Gasteiger partial charge in [-0.15, -0.1) is 0 Å². The van der Waals surface area contributed by atoms with Crippen LogP contribution in [0.2, 0.25) is 5.02 Å². The third-order valence-corrected chi connectivity index (χ3v) is 3.82. The summed E-state index contributed by atoms with van der Waals surface area (Å²) in [5, 5.41) is 3.56. The van der Waals surface area contributed by atoms with Gasteiger partial charge in [-0.05, 0) is 43.7 Å². The Bertz CT molecular complexity index is 628. The summed E-state index contributed by atoms with van der Waals surface area (Å²) >= 11 is 5.97. The van der Waals surface area contributed by atoms with Gasteiger partial charge in [0.15, 0.2) is 0 Å². The van der Waals surface area contributed by atoms with Crippen LogP contribution < -0.4 is 10.2 Å². The van der Waals surface area contributed by atoms with Crippen LogP contribution in [0.25, 0.3) is 0 Å². The molecule has 0 aliphatic carbocycles. The van der Waals surface area contributed by atoms with E-state index in [2.05, 4.69) is 29.3 Å². The molecule has 0 atom stereocenters. The zero-order valence-electron chi connectivity index (χ0n) is 13.0. The smallest absolute Gasteiger partial charge is 0.226 e. The first-order chi connectivity index (χ1) is 10.6. The second-order valence-corrected chi connectivity index (χ2v) is 5.61. The van der Waals surface area contributed by atoms with Crippen molar-refractivity contribution in [2.45, 2.75) is 20.3 Å². The predicted octanol–water partition coefficient (Wildman–Crippen LogP) is 4.50. The Hall–Kier alpha value is -2.00. The van der Waals surface area contributed by atoms with Crippen LogP contribution in [0.5, 0.6) is 0 Å². The Morgan fingerprint density at radius 1 is 1.18 bits per heavy atom. The van der Waals surface area contributed by atoms with Crippen LogP contribution in [0, 0.1) is 6.92 Å². The predicted molar refractivity (Wildman–Crippen MR) is 93.8 cm³/mol. The van der Waals surface area contributed by atoms with E-state index in [0.29, 0.717) is 18.0 Å². The van der Waals surface area contributed by atoms with E-state index in [9.17, 15) is 4.79 Å². The van der Waals surface area contributed by atoms with Gasteiger partial charge < -0.3 is 10.2 Å². The number of rotatable bonds is 6. The topological polar surface area (TPSA) is 32.3 Å². The molecular formula is C18H21ClN2O. The summed E-state index contributed by atoms with van der Waals surface area (Å²) in [7, 11) is 0. The lowest BCUT2D eigenvalue weighted by molar-refractivity contribution is -0.116. The molecule has 2 rings (SSSR count). The Labute approximate surface area is 136 Å². The van der Waals surface area contributed by atoms with Crippen LogP contribution in [-0.4, -0.2) is 19.0 Å². The van der Waals surface area contributed by atoms with Crippen molar-refractivity contribution in [2.75, 3.05) is 23.3 Å².